The summed E-state index contributed by atoms with van der Waals surface area (Å²) in [7, 11) is 3.09. The summed E-state index contributed by atoms with van der Waals surface area (Å²) in [6.07, 6.45) is -3.86. The number of morpholine rings is 1. The maximum atomic E-state index is 13.3. The topological polar surface area (TPSA) is 60.5 Å². The first kappa shape index (κ1) is 27.2. The van der Waals surface area contributed by atoms with Crippen LogP contribution in [-0.4, -0.2) is 87.6 Å². The van der Waals surface area contributed by atoms with E-state index in [4.69, 9.17) is 18.9 Å². The van der Waals surface area contributed by atoms with E-state index < -0.39 is 24.4 Å². The van der Waals surface area contributed by atoms with Crippen LogP contribution in [0.25, 0.3) is 0 Å². The second-order valence-corrected chi connectivity index (χ2v) is 9.48. The molecule has 2 aliphatic rings. The van der Waals surface area contributed by atoms with E-state index in [0.29, 0.717) is 56.2 Å². The highest BCUT2D eigenvalue weighted by Crippen LogP contribution is 2.39. The highest BCUT2D eigenvalue weighted by Gasteiger charge is 2.46. The summed E-state index contributed by atoms with van der Waals surface area (Å²) in [4.78, 5) is 16.4. The van der Waals surface area contributed by atoms with Gasteiger partial charge in [0.1, 0.15) is 6.61 Å². The van der Waals surface area contributed by atoms with Gasteiger partial charge in [0.25, 0.3) is 5.91 Å². The van der Waals surface area contributed by atoms with Crippen LogP contribution in [0.1, 0.15) is 34.9 Å². The number of benzene rings is 2. The number of amides is 1. The third kappa shape index (κ3) is 6.94. The lowest BCUT2D eigenvalue weighted by molar-refractivity contribution is -0.205. The van der Waals surface area contributed by atoms with Crippen LogP contribution in [0.15, 0.2) is 48.5 Å². The summed E-state index contributed by atoms with van der Waals surface area (Å²) in [5.41, 5.74) is 0.557. The lowest BCUT2D eigenvalue weighted by Gasteiger charge is -2.50. The Hall–Kier alpha value is -2.82. The van der Waals surface area contributed by atoms with Crippen molar-refractivity contribution in [1.82, 2.24) is 9.80 Å². The number of alkyl halides is 3. The van der Waals surface area contributed by atoms with Gasteiger partial charge in [-0.15, -0.1) is 0 Å². The van der Waals surface area contributed by atoms with Crippen LogP contribution in [0.3, 0.4) is 0 Å². The van der Waals surface area contributed by atoms with Crippen LogP contribution in [0.5, 0.6) is 11.5 Å². The SMILES string of the molecule is COCCOc1ccc(C(=O)N2CCC3(CC2)CN(CC(F)(F)F)CC(c2ccccc2)O3)cc1OC. The molecule has 2 fully saturated rings. The molecule has 2 aromatic rings. The van der Waals surface area contributed by atoms with Gasteiger partial charge >= 0.3 is 6.18 Å². The molecule has 202 valence electrons. The molecule has 2 aliphatic heterocycles. The predicted octanol–water partition coefficient (Wildman–Crippen LogP) is 4.33. The van der Waals surface area contributed by atoms with E-state index in [1.54, 1.807) is 30.2 Å². The van der Waals surface area contributed by atoms with Gasteiger partial charge in [0, 0.05) is 38.9 Å². The van der Waals surface area contributed by atoms with Gasteiger partial charge in [-0.2, -0.15) is 13.2 Å². The van der Waals surface area contributed by atoms with Crippen LogP contribution < -0.4 is 9.47 Å². The fourth-order valence-electron chi connectivity index (χ4n) is 5.03. The number of carbonyl (C=O) groups is 1. The fraction of sp³-hybridized carbons (Fsp3) is 0.519. The fourth-order valence-corrected chi connectivity index (χ4v) is 5.03. The van der Waals surface area contributed by atoms with E-state index in [0.717, 1.165) is 5.56 Å². The van der Waals surface area contributed by atoms with Crippen molar-refractivity contribution in [1.29, 1.82) is 0 Å². The Morgan fingerprint density at radius 2 is 1.78 bits per heavy atom. The average Bonchev–Trinajstić information content (AvgIpc) is 2.88. The molecule has 1 unspecified atom stereocenters. The van der Waals surface area contributed by atoms with Gasteiger partial charge in [0.05, 0.1) is 32.0 Å². The molecule has 0 aliphatic carbocycles. The molecular weight excluding hydrogens is 489 g/mol. The maximum Gasteiger partial charge on any atom is 0.401 e. The van der Waals surface area contributed by atoms with Gasteiger partial charge in [-0.1, -0.05) is 30.3 Å². The molecule has 10 heteroatoms. The van der Waals surface area contributed by atoms with Crippen LogP contribution in [0.4, 0.5) is 13.2 Å². The number of nitrogens with zero attached hydrogens (tertiary/aromatic N) is 2. The van der Waals surface area contributed by atoms with Crippen molar-refractivity contribution in [2.24, 2.45) is 0 Å². The van der Waals surface area contributed by atoms with Gasteiger partial charge in [-0.05, 0) is 36.6 Å². The molecule has 2 heterocycles. The minimum Gasteiger partial charge on any atom is -0.493 e. The smallest absolute Gasteiger partial charge is 0.401 e. The molecule has 0 saturated carbocycles. The molecule has 0 bridgehead atoms. The van der Waals surface area contributed by atoms with E-state index in [-0.39, 0.29) is 19.0 Å². The van der Waals surface area contributed by atoms with E-state index in [1.165, 1.54) is 12.0 Å². The predicted molar refractivity (Wildman–Crippen MR) is 131 cm³/mol. The van der Waals surface area contributed by atoms with Crippen LogP contribution in [0, 0.1) is 0 Å². The van der Waals surface area contributed by atoms with Crippen LogP contribution >= 0.6 is 0 Å². The van der Waals surface area contributed by atoms with E-state index >= 15 is 0 Å². The average molecular weight is 523 g/mol. The highest BCUT2D eigenvalue weighted by atomic mass is 19.4. The first-order valence-electron chi connectivity index (χ1n) is 12.3. The van der Waals surface area contributed by atoms with Crippen molar-refractivity contribution >= 4 is 5.91 Å². The Bertz CT molecular complexity index is 1040. The Kier molecular flexibility index (Phi) is 8.61. The maximum absolute atomic E-state index is 13.3. The molecule has 2 aromatic carbocycles. The first-order valence-corrected chi connectivity index (χ1v) is 12.3. The zero-order valence-corrected chi connectivity index (χ0v) is 21.1. The molecule has 4 rings (SSSR count). The Morgan fingerprint density at radius 3 is 2.43 bits per heavy atom. The molecule has 0 radical (unpaired) electrons. The van der Waals surface area contributed by atoms with Gasteiger partial charge in [0.2, 0.25) is 0 Å². The molecular formula is C27H33F3N2O5. The number of hydrogen-bond acceptors (Lipinski definition) is 6. The molecule has 1 atom stereocenters. The Labute approximate surface area is 215 Å². The van der Waals surface area contributed by atoms with E-state index in [1.807, 2.05) is 30.3 Å². The number of rotatable bonds is 8. The number of hydrogen-bond donors (Lipinski definition) is 0. The zero-order valence-electron chi connectivity index (χ0n) is 21.1. The second kappa shape index (κ2) is 11.7. The Balaban J connectivity index is 1.45. The number of halogens is 3. The molecule has 1 amide bonds. The molecule has 37 heavy (non-hydrogen) atoms. The van der Waals surface area contributed by atoms with E-state index in [9.17, 15) is 18.0 Å². The van der Waals surface area contributed by atoms with Gasteiger partial charge in [-0.3, -0.25) is 9.69 Å². The summed E-state index contributed by atoms with van der Waals surface area (Å²) in [6.45, 7) is 0.911. The largest absolute Gasteiger partial charge is 0.493 e. The number of carbonyl (C=O) groups excluding carboxylic acids is 1. The Morgan fingerprint density at radius 1 is 1.05 bits per heavy atom. The molecule has 0 aromatic heterocycles. The molecule has 7 nitrogen and oxygen atoms in total. The van der Waals surface area contributed by atoms with Crippen molar-refractivity contribution in [3.63, 3.8) is 0 Å². The lowest BCUT2D eigenvalue weighted by Crippen LogP contribution is -2.59. The summed E-state index contributed by atoms with van der Waals surface area (Å²) < 4.78 is 62.4. The number of likely N-dealkylation sites (tertiary alicyclic amines) is 1. The minimum atomic E-state index is -4.30. The second-order valence-electron chi connectivity index (χ2n) is 9.48. The standard InChI is InChI=1S/C27H33F3N2O5/c1-34-14-15-36-22-9-8-21(16-23(22)35-2)25(33)32-12-10-26(11-13-32)18-31(19-27(28,29)30)17-24(37-26)20-6-4-3-5-7-20/h3-9,16,24H,10-15,17-19H2,1-2H3. The van der Waals surface area contributed by atoms with Crippen molar-refractivity contribution in [2.45, 2.75) is 30.7 Å². The van der Waals surface area contributed by atoms with Crippen LogP contribution in [0.2, 0.25) is 0 Å². The van der Waals surface area contributed by atoms with Gasteiger partial charge < -0.3 is 23.8 Å². The summed E-state index contributed by atoms with van der Waals surface area (Å²) in [5, 5.41) is 0. The van der Waals surface area contributed by atoms with Crippen molar-refractivity contribution in [3.8, 4) is 11.5 Å². The zero-order chi connectivity index (χ0) is 26.5. The number of ether oxygens (including phenoxy) is 4. The summed E-state index contributed by atoms with van der Waals surface area (Å²) in [6, 6.07) is 14.4. The highest BCUT2D eigenvalue weighted by molar-refractivity contribution is 5.95. The molecule has 2 saturated heterocycles. The van der Waals surface area contributed by atoms with Crippen molar-refractivity contribution < 1.29 is 36.9 Å². The first-order chi connectivity index (χ1) is 17.7. The third-order valence-corrected chi connectivity index (χ3v) is 6.82. The summed E-state index contributed by atoms with van der Waals surface area (Å²) >= 11 is 0. The van der Waals surface area contributed by atoms with Crippen LogP contribution in [-0.2, 0) is 9.47 Å². The third-order valence-electron chi connectivity index (χ3n) is 6.82. The van der Waals surface area contributed by atoms with E-state index in [2.05, 4.69) is 0 Å². The van der Waals surface area contributed by atoms with Gasteiger partial charge in [0.15, 0.2) is 11.5 Å². The lowest BCUT2D eigenvalue weighted by atomic mass is 9.87. The molecule has 1 spiro atoms. The van der Waals surface area contributed by atoms with Crippen molar-refractivity contribution in [3.05, 3.63) is 59.7 Å². The normalized spacial score (nSPS) is 20.1. The quantitative estimate of drug-likeness (QED) is 0.481. The monoisotopic (exact) mass is 522 g/mol. The number of piperidine rings is 1. The number of methoxy groups -OCH3 is 2. The molecule has 0 N–H and O–H groups in total. The summed E-state index contributed by atoms with van der Waals surface area (Å²) in [5.74, 6) is 0.791. The minimum absolute atomic E-state index is 0.167. The van der Waals surface area contributed by atoms with Crippen molar-refractivity contribution in [2.75, 3.05) is 60.2 Å². The van der Waals surface area contributed by atoms with Gasteiger partial charge in [-0.25, -0.2) is 0 Å².